The van der Waals surface area contributed by atoms with Gasteiger partial charge >= 0.3 is 0 Å². The fourth-order valence-electron chi connectivity index (χ4n) is 4.22. The molecule has 3 aromatic rings. The van der Waals surface area contributed by atoms with E-state index in [1.165, 1.54) is 10.5 Å². The summed E-state index contributed by atoms with van der Waals surface area (Å²) in [5, 5.41) is 3.26. The van der Waals surface area contributed by atoms with E-state index in [-0.39, 0.29) is 11.8 Å². The van der Waals surface area contributed by atoms with Gasteiger partial charge in [0.15, 0.2) is 0 Å². The van der Waals surface area contributed by atoms with Gasteiger partial charge in [0, 0.05) is 25.5 Å². The lowest BCUT2D eigenvalue weighted by atomic mass is 9.99. The summed E-state index contributed by atoms with van der Waals surface area (Å²) in [6, 6.07) is 21.4. The van der Waals surface area contributed by atoms with Crippen molar-refractivity contribution >= 4 is 34.4 Å². The summed E-state index contributed by atoms with van der Waals surface area (Å²) < 4.78 is 0. The highest BCUT2D eigenvalue weighted by molar-refractivity contribution is 6.46. The maximum Gasteiger partial charge on any atom is 0.282 e. The van der Waals surface area contributed by atoms with Crippen molar-refractivity contribution in [2.75, 3.05) is 29.2 Å². The van der Waals surface area contributed by atoms with Gasteiger partial charge in [-0.15, -0.1) is 0 Å². The standard InChI is InChI=1S/C30H33N3O2/c1-6-7-8-22-10-15-26(16-11-22)33-29(34)27(23-12-9-20(2)21(3)19-23)28(30(33)35)31-24-13-17-25(18-14-24)32(4)5/h9-19,31H,6-8H2,1-5H3. The van der Waals surface area contributed by atoms with Crippen LogP contribution >= 0.6 is 0 Å². The van der Waals surface area contributed by atoms with E-state index in [2.05, 4.69) is 12.2 Å². The number of benzene rings is 3. The van der Waals surface area contributed by atoms with Crippen molar-refractivity contribution in [3.05, 3.63) is 94.7 Å². The normalized spacial score (nSPS) is 13.6. The third-order valence-corrected chi connectivity index (χ3v) is 6.55. The van der Waals surface area contributed by atoms with E-state index in [0.717, 1.165) is 47.3 Å². The number of rotatable bonds is 8. The number of imide groups is 1. The van der Waals surface area contributed by atoms with E-state index in [9.17, 15) is 9.59 Å². The van der Waals surface area contributed by atoms with Crippen molar-refractivity contribution in [2.45, 2.75) is 40.0 Å². The molecule has 180 valence electrons. The molecule has 2 amide bonds. The molecule has 5 heteroatoms. The number of aryl methyl sites for hydroxylation is 3. The highest BCUT2D eigenvalue weighted by Crippen LogP contribution is 2.35. The molecule has 0 radical (unpaired) electrons. The molecule has 35 heavy (non-hydrogen) atoms. The number of hydrogen-bond acceptors (Lipinski definition) is 4. The zero-order valence-corrected chi connectivity index (χ0v) is 21.2. The molecule has 0 aliphatic carbocycles. The van der Waals surface area contributed by atoms with Crippen LogP contribution in [0.1, 0.15) is 42.0 Å². The Morgan fingerprint density at radius 1 is 0.829 bits per heavy atom. The molecule has 0 atom stereocenters. The van der Waals surface area contributed by atoms with Gasteiger partial charge in [0.05, 0.1) is 11.3 Å². The first-order valence-corrected chi connectivity index (χ1v) is 12.1. The molecular weight excluding hydrogens is 434 g/mol. The van der Waals surface area contributed by atoms with Gasteiger partial charge in [0.2, 0.25) is 0 Å². The Bertz CT molecular complexity index is 1270. The van der Waals surface area contributed by atoms with Crippen LogP contribution in [0.3, 0.4) is 0 Å². The van der Waals surface area contributed by atoms with E-state index in [0.29, 0.717) is 17.0 Å². The molecular formula is C30H33N3O2. The number of unbranched alkanes of at least 4 members (excludes halogenated alkanes) is 1. The SMILES string of the molecule is CCCCc1ccc(N2C(=O)C(Nc3ccc(N(C)C)cc3)=C(c3ccc(C)c(C)c3)C2=O)cc1. The number of carbonyl (C=O) groups is 2. The molecule has 4 rings (SSSR count). The van der Waals surface area contributed by atoms with Crippen molar-refractivity contribution in [1.29, 1.82) is 0 Å². The van der Waals surface area contributed by atoms with Crippen molar-refractivity contribution < 1.29 is 9.59 Å². The third kappa shape index (κ3) is 4.99. The second-order valence-corrected chi connectivity index (χ2v) is 9.33. The van der Waals surface area contributed by atoms with Gasteiger partial charge in [-0.3, -0.25) is 9.59 Å². The first-order chi connectivity index (χ1) is 16.8. The molecule has 0 aromatic heterocycles. The summed E-state index contributed by atoms with van der Waals surface area (Å²) in [5.41, 5.74) is 7.24. The molecule has 1 aliphatic heterocycles. The molecule has 0 fully saturated rings. The molecule has 5 nitrogen and oxygen atoms in total. The van der Waals surface area contributed by atoms with E-state index in [4.69, 9.17) is 0 Å². The lowest BCUT2D eigenvalue weighted by molar-refractivity contribution is -0.120. The number of carbonyl (C=O) groups excluding carboxylic acids is 2. The number of hydrogen-bond donors (Lipinski definition) is 1. The predicted molar refractivity (Wildman–Crippen MR) is 145 cm³/mol. The largest absolute Gasteiger partial charge is 0.378 e. The average Bonchev–Trinajstić information content (AvgIpc) is 3.09. The second-order valence-electron chi connectivity index (χ2n) is 9.33. The summed E-state index contributed by atoms with van der Waals surface area (Å²) in [6.45, 7) is 6.21. The Labute approximate surface area is 208 Å². The zero-order valence-electron chi connectivity index (χ0n) is 21.2. The molecule has 1 aliphatic rings. The first kappa shape index (κ1) is 24.3. The maximum absolute atomic E-state index is 13.7. The van der Waals surface area contributed by atoms with Crippen LogP contribution < -0.4 is 15.1 Å². The van der Waals surface area contributed by atoms with Crippen LogP contribution in [0.15, 0.2) is 72.4 Å². The maximum atomic E-state index is 13.7. The van der Waals surface area contributed by atoms with Crippen LogP contribution in [0.4, 0.5) is 17.1 Å². The molecule has 0 bridgehead atoms. The number of anilines is 3. The van der Waals surface area contributed by atoms with Gasteiger partial charge in [-0.05, 0) is 85.3 Å². The molecule has 1 heterocycles. The van der Waals surface area contributed by atoms with Crippen molar-refractivity contribution in [2.24, 2.45) is 0 Å². The number of nitrogens with one attached hydrogen (secondary N) is 1. The molecule has 3 aromatic carbocycles. The smallest absolute Gasteiger partial charge is 0.282 e. The van der Waals surface area contributed by atoms with Crippen molar-refractivity contribution in [3.63, 3.8) is 0 Å². The summed E-state index contributed by atoms with van der Waals surface area (Å²) in [4.78, 5) is 30.7. The topological polar surface area (TPSA) is 52.7 Å². The quantitative estimate of drug-likeness (QED) is 0.406. The number of amides is 2. The Kier molecular flexibility index (Phi) is 7.06. The first-order valence-electron chi connectivity index (χ1n) is 12.1. The average molecular weight is 468 g/mol. The van der Waals surface area contributed by atoms with Crippen LogP contribution in [0.2, 0.25) is 0 Å². The van der Waals surface area contributed by atoms with Crippen LogP contribution in [-0.2, 0) is 16.0 Å². The number of nitrogens with zero attached hydrogens (tertiary/aromatic N) is 2. The molecule has 0 spiro atoms. The van der Waals surface area contributed by atoms with Crippen LogP contribution in [0, 0.1) is 13.8 Å². The lowest BCUT2D eigenvalue weighted by Crippen LogP contribution is -2.32. The second kappa shape index (κ2) is 10.2. The highest BCUT2D eigenvalue weighted by atomic mass is 16.2. The van der Waals surface area contributed by atoms with Gasteiger partial charge in [0.25, 0.3) is 11.8 Å². The lowest BCUT2D eigenvalue weighted by Gasteiger charge is -2.16. The Morgan fingerprint density at radius 3 is 2.11 bits per heavy atom. The fourth-order valence-corrected chi connectivity index (χ4v) is 4.22. The van der Waals surface area contributed by atoms with E-state index in [1.807, 2.05) is 99.6 Å². The minimum absolute atomic E-state index is 0.297. The molecule has 0 unspecified atom stereocenters. The van der Waals surface area contributed by atoms with Crippen LogP contribution in [0.5, 0.6) is 0 Å². The third-order valence-electron chi connectivity index (χ3n) is 6.55. The summed E-state index contributed by atoms with van der Waals surface area (Å²) in [7, 11) is 3.96. The minimum atomic E-state index is -0.346. The zero-order chi connectivity index (χ0) is 25.1. The summed E-state index contributed by atoms with van der Waals surface area (Å²) in [5.74, 6) is -0.659. The minimum Gasteiger partial charge on any atom is -0.378 e. The highest BCUT2D eigenvalue weighted by Gasteiger charge is 2.40. The molecule has 0 saturated carbocycles. The predicted octanol–water partition coefficient (Wildman–Crippen LogP) is 6.11. The Morgan fingerprint density at radius 2 is 1.51 bits per heavy atom. The van der Waals surface area contributed by atoms with E-state index < -0.39 is 0 Å². The van der Waals surface area contributed by atoms with E-state index >= 15 is 0 Å². The van der Waals surface area contributed by atoms with E-state index in [1.54, 1.807) is 0 Å². The van der Waals surface area contributed by atoms with Crippen molar-refractivity contribution in [3.8, 4) is 0 Å². The van der Waals surface area contributed by atoms with Crippen LogP contribution in [0.25, 0.3) is 5.57 Å². The summed E-state index contributed by atoms with van der Waals surface area (Å²) >= 11 is 0. The van der Waals surface area contributed by atoms with Gasteiger partial charge in [-0.25, -0.2) is 4.90 Å². The summed E-state index contributed by atoms with van der Waals surface area (Å²) in [6.07, 6.45) is 3.22. The Balaban J connectivity index is 1.73. The van der Waals surface area contributed by atoms with Gasteiger partial charge in [0.1, 0.15) is 5.70 Å². The fraction of sp³-hybridized carbons (Fsp3) is 0.267. The Hall–Kier alpha value is -3.86. The monoisotopic (exact) mass is 467 g/mol. The molecule has 1 N–H and O–H groups in total. The molecule has 0 saturated heterocycles. The van der Waals surface area contributed by atoms with Gasteiger partial charge in [-0.2, -0.15) is 0 Å². The van der Waals surface area contributed by atoms with Gasteiger partial charge in [-0.1, -0.05) is 43.7 Å². The van der Waals surface area contributed by atoms with Gasteiger partial charge < -0.3 is 10.2 Å². The van der Waals surface area contributed by atoms with Crippen LogP contribution in [-0.4, -0.2) is 25.9 Å². The van der Waals surface area contributed by atoms with Crippen molar-refractivity contribution in [1.82, 2.24) is 0 Å².